The van der Waals surface area contributed by atoms with Gasteiger partial charge in [-0.15, -0.1) is 5.10 Å². The summed E-state index contributed by atoms with van der Waals surface area (Å²) in [6.07, 6.45) is 4.64. The monoisotopic (exact) mass is 493 g/mol. The van der Waals surface area contributed by atoms with Gasteiger partial charge in [-0.1, -0.05) is 35.5 Å². The molecular weight excluding hydrogens is 474 g/mol. The Hall–Kier alpha value is -3.79. The first-order valence-corrected chi connectivity index (χ1v) is 10.7. The normalized spacial score (nSPS) is 10.5. The lowest BCUT2D eigenvalue weighted by Gasteiger charge is -2.11. The van der Waals surface area contributed by atoms with Gasteiger partial charge in [0.25, 0.3) is 5.91 Å². The van der Waals surface area contributed by atoms with E-state index in [1.165, 1.54) is 12.5 Å². The number of anilines is 1. The van der Waals surface area contributed by atoms with Crippen LogP contribution in [0.4, 0.5) is 5.82 Å². The maximum atomic E-state index is 12.6. The van der Waals surface area contributed by atoms with Gasteiger partial charge in [-0.05, 0) is 45.8 Å². The number of carbonyl (C=O) groups excluding carboxylic acids is 1. The summed E-state index contributed by atoms with van der Waals surface area (Å²) in [5.74, 6) is 1.73. The Morgan fingerprint density at radius 1 is 1.06 bits per heavy atom. The van der Waals surface area contributed by atoms with Crippen LogP contribution in [0, 0.1) is 0 Å². The molecule has 0 fully saturated rings. The maximum Gasteiger partial charge on any atom is 0.256 e. The molecule has 2 N–H and O–H groups in total. The minimum absolute atomic E-state index is 0.265. The van der Waals surface area contributed by atoms with Gasteiger partial charge in [0, 0.05) is 19.3 Å². The van der Waals surface area contributed by atoms with E-state index in [4.69, 9.17) is 4.74 Å². The van der Waals surface area contributed by atoms with Crippen molar-refractivity contribution in [1.82, 2.24) is 30.3 Å². The SMILES string of the molecule is O=C(NCCn1cc(Br)nn1)c1cncnc1NCc1ccc(Oc2ccccc2)cc1. The minimum Gasteiger partial charge on any atom is -0.457 e. The predicted octanol–water partition coefficient (Wildman–Crippen LogP) is 3.67. The molecular formula is C22H20BrN7O2. The van der Waals surface area contributed by atoms with E-state index < -0.39 is 0 Å². The first-order chi connectivity index (χ1) is 15.7. The average Bonchev–Trinajstić information content (AvgIpc) is 3.24. The van der Waals surface area contributed by atoms with Crippen molar-refractivity contribution in [1.29, 1.82) is 0 Å². The Morgan fingerprint density at radius 3 is 2.59 bits per heavy atom. The molecule has 162 valence electrons. The lowest BCUT2D eigenvalue weighted by molar-refractivity contribution is 0.0952. The van der Waals surface area contributed by atoms with Crippen molar-refractivity contribution in [2.24, 2.45) is 0 Å². The van der Waals surface area contributed by atoms with Crippen LogP contribution in [-0.2, 0) is 13.1 Å². The standard InChI is InChI=1S/C22H20BrN7O2/c23-20-14-30(29-28-20)11-10-25-22(31)19-13-24-15-27-21(19)26-12-16-6-8-18(9-7-16)32-17-4-2-1-3-5-17/h1-9,13-15H,10-12H2,(H,25,31)(H,24,26,27). The third-order valence-electron chi connectivity index (χ3n) is 4.46. The molecule has 0 spiro atoms. The fraction of sp³-hybridized carbons (Fsp3) is 0.136. The Morgan fingerprint density at radius 2 is 1.84 bits per heavy atom. The van der Waals surface area contributed by atoms with Gasteiger partial charge in [0.2, 0.25) is 0 Å². The number of para-hydroxylation sites is 1. The van der Waals surface area contributed by atoms with Crippen molar-refractivity contribution < 1.29 is 9.53 Å². The van der Waals surface area contributed by atoms with Crippen LogP contribution in [0.25, 0.3) is 0 Å². The van der Waals surface area contributed by atoms with Gasteiger partial charge in [0.15, 0.2) is 0 Å². The number of amides is 1. The quantitative estimate of drug-likeness (QED) is 0.366. The number of nitrogens with one attached hydrogen (secondary N) is 2. The summed E-state index contributed by atoms with van der Waals surface area (Å²) in [5.41, 5.74) is 1.39. The largest absolute Gasteiger partial charge is 0.457 e. The highest BCUT2D eigenvalue weighted by atomic mass is 79.9. The zero-order chi connectivity index (χ0) is 22.2. The molecule has 0 aliphatic rings. The number of benzene rings is 2. The molecule has 4 rings (SSSR count). The van der Waals surface area contributed by atoms with Crippen LogP contribution < -0.4 is 15.4 Å². The fourth-order valence-electron chi connectivity index (χ4n) is 2.89. The third-order valence-corrected chi connectivity index (χ3v) is 4.82. The number of nitrogens with zero attached hydrogens (tertiary/aromatic N) is 5. The number of hydrogen-bond acceptors (Lipinski definition) is 7. The summed E-state index contributed by atoms with van der Waals surface area (Å²) in [7, 11) is 0. The second-order valence-electron chi connectivity index (χ2n) is 6.76. The number of rotatable bonds is 9. The maximum absolute atomic E-state index is 12.6. The summed E-state index contributed by atoms with van der Waals surface area (Å²) in [4.78, 5) is 20.8. The Bertz CT molecular complexity index is 1170. The van der Waals surface area contributed by atoms with Crippen LogP contribution in [0.15, 0.2) is 77.9 Å². The molecule has 0 saturated carbocycles. The van der Waals surface area contributed by atoms with E-state index in [0.717, 1.165) is 17.1 Å². The zero-order valence-corrected chi connectivity index (χ0v) is 18.6. The molecule has 10 heteroatoms. The molecule has 0 aliphatic heterocycles. The van der Waals surface area contributed by atoms with E-state index >= 15 is 0 Å². The summed E-state index contributed by atoms with van der Waals surface area (Å²) < 4.78 is 8.09. The van der Waals surface area contributed by atoms with Crippen molar-refractivity contribution in [3.8, 4) is 11.5 Å². The lowest BCUT2D eigenvalue weighted by Crippen LogP contribution is -2.28. The lowest BCUT2D eigenvalue weighted by atomic mass is 10.2. The Balaban J connectivity index is 1.32. The van der Waals surface area contributed by atoms with Gasteiger partial charge >= 0.3 is 0 Å². The van der Waals surface area contributed by atoms with Crippen LogP contribution in [0.3, 0.4) is 0 Å². The molecule has 0 unspecified atom stereocenters. The van der Waals surface area contributed by atoms with Gasteiger partial charge in [-0.2, -0.15) is 0 Å². The van der Waals surface area contributed by atoms with Crippen LogP contribution in [0.1, 0.15) is 15.9 Å². The molecule has 1 amide bonds. The smallest absolute Gasteiger partial charge is 0.256 e. The van der Waals surface area contributed by atoms with Crippen LogP contribution in [0.2, 0.25) is 0 Å². The second-order valence-corrected chi connectivity index (χ2v) is 7.57. The zero-order valence-electron chi connectivity index (χ0n) is 17.0. The van der Waals surface area contributed by atoms with E-state index in [0.29, 0.717) is 35.6 Å². The highest BCUT2D eigenvalue weighted by molar-refractivity contribution is 9.10. The number of carbonyl (C=O) groups is 1. The first kappa shape index (κ1) is 21.4. The first-order valence-electron chi connectivity index (χ1n) is 9.87. The van der Waals surface area contributed by atoms with Gasteiger partial charge in [0.1, 0.15) is 28.2 Å². The van der Waals surface area contributed by atoms with Crippen molar-refractivity contribution in [2.75, 3.05) is 11.9 Å². The Kier molecular flexibility index (Phi) is 7.03. The highest BCUT2D eigenvalue weighted by Crippen LogP contribution is 2.21. The van der Waals surface area contributed by atoms with Crippen LogP contribution >= 0.6 is 15.9 Å². The molecule has 9 nitrogen and oxygen atoms in total. The van der Waals surface area contributed by atoms with Crippen LogP contribution in [-0.4, -0.2) is 37.4 Å². The molecule has 0 bridgehead atoms. The van der Waals surface area contributed by atoms with Crippen LogP contribution in [0.5, 0.6) is 11.5 Å². The van der Waals surface area contributed by atoms with E-state index in [1.807, 2.05) is 54.6 Å². The second kappa shape index (κ2) is 10.5. The van der Waals surface area contributed by atoms with E-state index in [1.54, 1.807) is 10.9 Å². The minimum atomic E-state index is -0.265. The third kappa shape index (κ3) is 5.88. The van der Waals surface area contributed by atoms with Crippen molar-refractivity contribution in [2.45, 2.75) is 13.1 Å². The van der Waals surface area contributed by atoms with E-state index in [2.05, 4.69) is 46.8 Å². The molecule has 0 saturated heterocycles. The molecule has 2 heterocycles. The summed E-state index contributed by atoms with van der Waals surface area (Å²) in [6, 6.07) is 17.3. The summed E-state index contributed by atoms with van der Waals surface area (Å²) in [5, 5.41) is 13.8. The number of ether oxygens (including phenoxy) is 1. The van der Waals surface area contributed by atoms with E-state index in [-0.39, 0.29) is 5.91 Å². The molecule has 4 aromatic rings. The van der Waals surface area contributed by atoms with Crippen molar-refractivity contribution in [3.63, 3.8) is 0 Å². The molecule has 0 atom stereocenters. The number of halogens is 1. The van der Waals surface area contributed by atoms with Crippen molar-refractivity contribution >= 4 is 27.7 Å². The highest BCUT2D eigenvalue weighted by Gasteiger charge is 2.13. The molecule has 2 aromatic carbocycles. The molecule has 32 heavy (non-hydrogen) atoms. The van der Waals surface area contributed by atoms with Gasteiger partial charge in [-0.25, -0.2) is 14.6 Å². The summed E-state index contributed by atoms with van der Waals surface area (Å²) >= 11 is 3.24. The van der Waals surface area contributed by atoms with Gasteiger partial charge in [-0.3, -0.25) is 4.79 Å². The summed E-state index contributed by atoms with van der Waals surface area (Å²) in [6.45, 7) is 1.39. The van der Waals surface area contributed by atoms with Gasteiger partial charge < -0.3 is 15.4 Å². The Labute approximate surface area is 193 Å². The molecule has 0 aliphatic carbocycles. The topological polar surface area (TPSA) is 107 Å². The number of hydrogen-bond donors (Lipinski definition) is 2. The average molecular weight is 494 g/mol. The molecule has 2 aromatic heterocycles. The molecule has 0 radical (unpaired) electrons. The van der Waals surface area contributed by atoms with Gasteiger partial charge in [0.05, 0.1) is 18.3 Å². The van der Waals surface area contributed by atoms with E-state index in [9.17, 15) is 4.79 Å². The predicted molar refractivity (Wildman–Crippen MR) is 122 cm³/mol. The fourth-order valence-corrected chi connectivity index (χ4v) is 3.19. The number of aromatic nitrogens is 5. The van der Waals surface area contributed by atoms with Crippen molar-refractivity contribution in [3.05, 3.63) is 89.0 Å².